The number of rotatable bonds is 3. The van der Waals surface area contributed by atoms with Crippen molar-refractivity contribution in [3.8, 4) is 0 Å². The molecule has 3 nitrogen and oxygen atoms in total. The van der Waals surface area contributed by atoms with Crippen LogP contribution in [0.1, 0.15) is 6.93 Å². The summed E-state index contributed by atoms with van der Waals surface area (Å²) in [4.78, 5) is 3.63. The summed E-state index contributed by atoms with van der Waals surface area (Å²) in [6.45, 7) is -1.33. The lowest BCUT2D eigenvalue weighted by Gasteiger charge is -2.10. The SMILES string of the molecule is [2H][C@H](/C=C(\[O-])c1ccccc1)OO. The zero-order valence-electron chi connectivity index (χ0n) is 7.31. The maximum Gasteiger partial charge on any atom is 0.0998 e. The molecule has 0 saturated heterocycles. The molecule has 0 saturated carbocycles. The maximum atomic E-state index is 11.2. The quantitative estimate of drug-likeness (QED) is 0.412. The van der Waals surface area contributed by atoms with Gasteiger partial charge in [-0.2, -0.15) is 0 Å². The van der Waals surface area contributed by atoms with Crippen molar-refractivity contribution in [2.75, 3.05) is 6.58 Å². The van der Waals surface area contributed by atoms with Gasteiger partial charge in [-0.25, -0.2) is 4.89 Å². The third-order valence-electron chi connectivity index (χ3n) is 1.34. The normalized spacial score (nSPS) is 15.4. The van der Waals surface area contributed by atoms with Gasteiger partial charge in [-0.05, 0) is 5.56 Å². The van der Waals surface area contributed by atoms with Crippen molar-refractivity contribution in [3.05, 3.63) is 42.0 Å². The Bertz CT molecular complexity index is 284. The highest BCUT2D eigenvalue weighted by atomic mass is 17.1. The van der Waals surface area contributed by atoms with Gasteiger partial charge in [0.05, 0.1) is 7.95 Å². The lowest BCUT2D eigenvalue weighted by molar-refractivity contribution is -0.250. The monoisotopic (exact) mass is 166 g/mol. The van der Waals surface area contributed by atoms with Crippen LogP contribution in [0, 0.1) is 0 Å². The molecule has 0 bridgehead atoms. The van der Waals surface area contributed by atoms with Crippen LogP contribution in [0.5, 0.6) is 0 Å². The molecule has 0 aliphatic rings. The third kappa shape index (κ3) is 2.38. The summed E-state index contributed by atoms with van der Waals surface area (Å²) >= 11 is 0. The molecule has 1 atom stereocenters. The first kappa shape index (κ1) is 7.34. The summed E-state index contributed by atoms with van der Waals surface area (Å²) in [5, 5.41) is 19.3. The van der Waals surface area contributed by atoms with E-state index in [1.54, 1.807) is 30.3 Å². The first-order chi connectivity index (χ1) is 6.24. The van der Waals surface area contributed by atoms with Gasteiger partial charge in [0.1, 0.15) is 0 Å². The van der Waals surface area contributed by atoms with Gasteiger partial charge in [0, 0.05) is 0 Å². The summed E-state index contributed by atoms with van der Waals surface area (Å²) < 4.78 is 6.95. The lowest BCUT2D eigenvalue weighted by Crippen LogP contribution is -2.03. The Labute approximate surface area is 71.9 Å². The molecular weight excluding hydrogens is 156 g/mol. The van der Waals surface area contributed by atoms with Gasteiger partial charge in [-0.3, -0.25) is 5.26 Å². The van der Waals surface area contributed by atoms with E-state index in [1.165, 1.54) is 0 Å². The van der Waals surface area contributed by atoms with E-state index in [4.69, 9.17) is 6.63 Å². The second-order valence-corrected chi connectivity index (χ2v) is 2.14. The lowest BCUT2D eigenvalue weighted by atomic mass is 10.2. The predicted octanol–water partition coefficient (Wildman–Crippen LogP) is 0.877. The molecule has 0 aromatic heterocycles. The molecule has 0 fully saturated rings. The van der Waals surface area contributed by atoms with Gasteiger partial charge in [-0.1, -0.05) is 36.4 Å². The minimum atomic E-state index is -1.33. The first-order valence-electron chi connectivity index (χ1n) is 3.98. The zero-order chi connectivity index (χ0) is 9.68. The average molecular weight is 166 g/mol. The fourth-order valence-electron chi connectivity index (χ4n) is 0.791. The van der Waals surface area contributed by atoms with Gasteiger partial charge in [0.15, 0.2) is 0 Å². The van der Waals surface area contributed by atoms with E-state index < -0.39 is 6.58 Å². The predicted molar refractivity (Wildman–Crippen MR) is 43.0 cm³/mol. The standard InChI is InChI=1S/C9H10O3/c10-9(6-7-12-11)8-4-2-1-3-5-8/h1-6,10-11H,7H2/p-1/b9-6-/i7D/t7-/m1/s1. The molecule has 1 aromatic rings. The van der Waals surface area contributed by atoms with Crippen molar-refractivity contribution >= 4 is 5.76 Å². The van der Waals surface area contributed by atoms with Crippen LogP contribution in [-0.4, -0.2) is 11.8 Å². The molecule has 0 unspecified atom stereocenters. The van der Waals surface area contributed by atoms with E-state index in [-0.39, 0.29) is 5.76 Å². The number of benzene rings is 1. The highest BCUT2D eigenvalue weighted by Crippen LogP contribution is 2.06. The Balaban J connectivity index is 2.79. The summed E-state index contributed by atoms with van der Waals surface area (Å²) in [5.41, 5.74) is 0.469. The van der Waals surface area contributed by atoms with E-state index in [0.717, 1.165) is 6.08 Å². The van der Waals surface area contributed by atoms with Crippen LogP contribution < -0.4 is 5.11 Å². The molecule has 64 valence electrons. The highest BCUT2D eigenvalue weighted by molar-refractivity contribution is 5.56. The first-order valence-corrected chi connectivity index (χ1v) is 3.41. The van der Waals surface area contributed by atoms with Gasteiger partial charge >= 0.3 is 0 Å². The number of hydrogen-bond acceptors (Lipinski definition) is 3. The minimum Gasteiger partial charge on any atom is -0.872 e. The molecule has 0 aliphatic heterocycles. The van der Waals surface area contributed by atoms with E-state index >= 15 is 0 Å². The van der Waals surface area contributed by atoms with Crippen LogP contribution >= 0.6 is 0 Å². The smallest absolute Gasteiger partial charge is 0.0998 e. The van der Waals surface area contributed by atoms with Crippen molar-refractivity contribution in [1.29, 1.82) is 0 Å². The minimum absolute atomic E-state index is 0.338. The van der Waals surface area contributed by atoms with Crippen LogP contribution in [0.2, 0.25) is 0 Å². The number of hydrogen-bond donors (Lipinski definition) is 1. The zero-order valence-corrected chi connectivity index (χ0v) is 6.31. The molecule has 1 aromatic carbocycles. The molecule has 12 heavy (non-hydrogen) atoms. The van der Waals surface area contributed by atoms with E-state index in [9.17, 15) is 5.11 Å². The van der Waals surface area contributed by atoms with Crippen molar-refractivity contribution in [2.24, 2.45) is 0 Å². The van der Waals surface area contributed by atoms with Gasteiger partial charge < -0.3 is 5.11 Å². The fraction of sp³-hybridized carbons (Fsp3) is 0.111. The van der Waals surface area contributed by atoms with Crippen LogP contribution in [0.25, 0.3) is 5.76 Å². The van der Waals surface area contributed by atoms with E-state index in [0.29, 0.717) is 5.56 Å². The fourth-order valence-corrected chi connectivity index (χ4v) is 0.791. The molecule has 0 aliphatic carbocycles. The maximum absolute atomic E-state index is 11.2. The van der Waals surface area contributed by atoms with Crippen molar-refractivity contribution in [1.82, 2.24) is 0 Å². The van der Waals surface area contributed by atoms with Gasteiger partial charge in [0.25, 0.3) is 0 Å². The Kier molecular flexibility index (Phi) is 2.77. The summed E-state index contributed by atoms with van der Waals surface area (Å²) in [6.07, 6.45) is 0.981. The summed E-state index contributed by atoms with van der Waals surface area (Å²) in [7, 11) is 0. The second kappa shape index (κ2) is 4.54. The molecule has 0 radical (unpaired) electrons. The Morgan fingerprint density at radius 3 is 2.83 bits per heavy atom. The van der Waals surface area contributed by atoms with Crippen LogP contribution in [0.3, 0.4) is 0 Å². The molecule has 0 heterocycles. The molecule has 3 heteroatoms. The average Bonchev–Trinajstić information content (AvgIpc) is 2.19. The summed E-state index contributed by atoms with van der Waals surface area (Å²) in [6, 6.07) is 8.49. The van der Waals surface area contributed by atoms with Crippen LogP contribution in [0.4, 0.5) is 0 Å². The molecule has 0 amide bonds. The molecular formula is C9H9O3-. The summed E-state index contributed by atoms with van der Waals surface area (Å²) in [5.74, 6) is -0.338. The van der Waals surface area contributed by atoms with Crippen LogP contribution in [0.15, 0.2) is 36.4 Å². The molecule has 1 rings (SSSR count). The van der Waals surface area contributed by atoms with Crippen LogP contribution in [-0.2, 0) is 4.89 Å². The Morgan fingerprint density at radius 2 is 2.25 bits per heavy atom. The van der Waals surface area contributed by atoms with Gasteiger partial charge in [-0.15, -0.1) is 5.76 Å². The highest BCUT2D eigenvalue weighted by Gasteiger charge is 1.86. The van der Waals surface area contributed by atoms with Crippen molar-refractivity contribution in [2.45, 2.75) is 0 Å². The van der Waals surface area contributed by atoms with Crippen molar-refractivity contribution < 1.29 is 16.6 Å². The Morgan fingerprint density at radius 1 is 1.58 bits per heavy atom. The Hall–Kier alpha value is -1.32. The molecule has 0 spiro atoms. The largest absolute Gasteiger partial charge is 0.872 e. The van der Waals surface area contributed by atoms with Gasteiger partial charge in [0.2, 0.25) is 0 Å². The van der Waals surface area contributed by atoms with E-state index in [1.807, 2.05) is 0 Å². The van der Waals surface area contributed by atoms with Crippen molar-refractivity contribution in [3.63, 3.8) is 0 Å². The topological polar surface area (TPSA) is 52.5 Å². The second-order valence-electron chi connectivity index (χ2n) is 2.14. The molecule has 1 N–H and O–H groups in total. The van der Waals surface area contributed by atoms with E-state index in [2.05, 4.69) is 4.89 Å². The third-order valence-corrected chi connectivity index (χ3v) is 1.34.